The molecule has 2 nitrogen and oxygen atoms in total. The molecule has 0 saturated heterocycles. The van der Waals surface area contributed by atoms with Crippen molar-refractivity contribution in [3.63, 3.8) is 0 Å². The lowest BCUT2D eigenvalue weighted by Gasteiger charge is -2.22. The molecule has 0 aliphatic heterocycles. The van der Waals surface area contributed by atoms with Gasteiger partial charge in [-0.3, -0.25) is 4.79 Å². The molecule has 0 radical (unpaired) electrons. The van der Waals surface area contributed by atoms with Crippen molar-refractivity contribution in [2.45, 2.75) is 59.4 Å². The second kappa shape index (κ2) is 5.26. The highest BCUT2D eigenvalue weighted by atomic mass is 35.5. The molecule has 0 saturated carbocycles. The number of hydrogen-bond donors (Lipinski definition) is 0. The molecule has 17 heavy (non-hydrogen) atoms. The van der Waals surface area contributed by atoms with Crippen molar-refractivity contribution in [1.29, 1.82) is 0 Å². The Kier molecular flexibility index (Phi) is 4.42. The molecule has 1 aromatic rings. The van der Waals surface area contributed by atoms with Crippen molar-refractivity contribution in [3.8, 4) is 0 Å². The molecule has 1 aromatic heterocycles. The topological polar surface area (TPSA) is 22.0 Å². The van der Waals surface area contributed by atoms with E-state index in [2.05, 4.69) is 33.8 Å². The highest BCUT2D eigenvalue weighted by molar-refractivity contribution is 6.31. The minimum absolute atomic E-state index is 0.0587. The van der Waals surface area contributed by atoms with E-state index < -0.39 is 0 Å². The fourth-order valence-corrected chi connectivity index (χ4v) is 2.40. The van der Waals surface area contributed by atoms with E-state index in [-0.39, 0.29) is 17.5 Å². The molecule has 0 aliphatic rings. The summed E-state index contributed by atoms with van der Waals surface area (Å²) >= 11 is 6.18. The highest BCUT2D eigenvalue weighted by Gasteiger charge is 2.18. The number of nitrogens with zero attached hydrogens (tertiary/aromatic N) is 1. The Balaban J connectivity index is 3.63. The third-order valence-electron chi connectivity index (χ3n) is 2.97. The molecule has 3 heteroatoms. The fraction of sp³-hybridized carbons (Fsp3) is 0.643. The molecule has 96 valence electrons. The molecular weight excluding hydrogens is 234 g/mol. The van der Waals surface area contributed by atoms with Crippen molar-refractivity contribution in [1.82, 2.24) is 4.57 Å². The summed E-state index contributed by atoms with van der Waals surface area (Å²) < 4.78 is 1.80. The lowest BCUT2D eigenvalue weighted by atomic mass is 9.99. The van der Waals surface area contributed by atoms with E-state index in [1.165, 1.54) is 0 Å². The quantitative estimate of drug-likeness (QED) is 0.788. The molecule has 1 heterocycles. The normalized spacial score (nSPS) is 11.9. The zero-order valence-corrected chi connectivity index (χ0v) is 12.3. The predicted octanol–water partition coefficient (Wildman–Crippen LogP) is 4.33. The van der Waals surface area contributed by atoms with Crippen LogP contribution < -0.4 is 5.56 Å². The average Bonchev–Trinajstić information content (AvgIpc) is 2.19. The summed E-state index contributed by atoms with van der Waals surface area (Å²) in [5.74, 6) is 0.592. The van der Waals surface area contributed by atoms with Crippen molar-refractivity contribution >= 4 is 11.6 Å². The van der Waals surface area contributed by atoms with Gasteiger partial charge in [0.05, 0.1) is 0 Å². The first-order chi connectivity index (χ1) is 7.77. The Hall–Kier alpha value is -0.760. The molecule has 0 atom stereocenters. The summed E-state index contributed by atoms with van der Waals surface area (Å²) in [6.07, 6.45) is 0. The Labute approximate surface area is 109 Å². The molecule has 0 spiro atoms. The number of halogens is 1. The number of hydrogen-bond acceptors (Lipinski definition) is 1. The first-order valence-electron chi connectivity index (χ1n) is 6.22. The van der Waals surface area contributed by atoms with Crippen LogP contribution in [-0.2, 0) is 0 Å². The van der Waals surface area contributed by atoms with Gasteiger partial charge in [0, 0.05) is 11.7 Å². The van der Waals surface area contributed by atoms with Gasteiger partial charge < -0.3 is 4.57 Å². The zero-order chi connectivity index (χ0) is 13.3. The van der Waals surface area contributed by atoms with Crippen molar-refractivity contribution < 1.29 is 0 Å². The van der Waals surface area contributed by atoms with Crippen LogP contribution in [0.2, 0.25) is 5.02 Å². The molecule has 0 aromatic carbocycles. The number of rotatable bonds is 3. The number of aromatic nitrogens is 1. The Morgan fingerprint density at radius 3 is 1.94 bits per heavy atom. The molecule has 0 unspecified atom stereocenters. The smallest absolute Gasteiger partial charge is 0.270 e. The molecule has 0 N–H and O–H groups in total. The third-order valence-corrected chi connectivity index (χ3v) is 3.35. The van der Waals surface area contributed by atoms with Gasteiger partial charge >= 0.3 is 0 Å². The fourth-order valence-electron chi connectivity index (χ4n) is 2.04. The summed E-state index contributed by atoms with van der Waals surface area (Å²) in [5.41, 5.74) is 1.96. The maximum atomic E-state index is 12.3. The lowest BCUT2D eigenvalue weighted by molar-refractivity contribution is 0.532. The minimum atomic E-state index is -0.0587. The molecule has 0 aliphatic carbocycles. The van der Waals surface area contributed by atoms with Crippen LogP contribution in [0.1, 0.15) is 70.7 Å². The van der Waals surface area contributed by atoms with E-state index in [0.29, 0.717) is 10.9 Å². The second-order valence-electron chi connectivity index (χ2n) is 5.42. The maximum absolute atomic E-state index is 12.3. The predicted molar refractivity (Wildman–Crippen MR) is 74.3 cm³/mol. The first-order valence-corrected chi connectivity index (χ1v) is 6.60. The van der Waals surface area contributed by atoms with Crippen LogP contribution in [-0.4, -0.2) is 4.57 Å². The van der Waals surface area contributed by atoms with Crippen LogP contribution >= 0.6 is 11.6 Å². The molecule has 0 amide bonds. The highest BCUT2D eigenvalue weighted by Crippen LogP contribution is 2.26. The van der Waals surface area contributed by atoms with E-state index in [1.54, 1.807) is 4.57 Å². The largest absolute Gasteiger partial charge is 0.309 e. The van der Waals surface area contributed by atoms with Crippen molar-refractivity contribution in [2.24, 2.45) is 0 Å². The van der Waals surface area contributed by atoms with E-state index >= 15 is 0 Å². The Morgan fingerprint density at radius 1 is 1.06 bits per heavy atom. The van der Waals surface area contributed by atoms with Crippen molar-refractivity contribution in [2.75, 3.05) is 0 Å². The average molecular weight is 256 g/mol. The first kappa shape index (κ1) is 14.3. The van der Waals surface area contributed by atoms with Gasteiger partial charge in [-0.05, 0) is 37.3 Å². The van der Waals surface area contributed by atoms with Gasteiger partial charge in [-0.2, -0.15) is 0 Å². The third kappa shape index (κ3) is 2.74. The van der Waals surface area contributed by atoms with Gasteiger partial charge in [-0.15, -0.1) is 0 Å². The summed E-state index contributed by atoms with van der Waals surface area (Å²) in [5, 5.41) is 0.373. The van der Waals surface area contributed by atoms with Gasteiger partial charge in [-0.1, -0.05) is 39.3 Å². The Bertz CT molecular complexity index is 458. The van der Waals surface area contributed by atoms with Crippen LogP contribution in [0, 0.1) is 0 Å². The van der Waals surface area contributed by atoms with Gasteiger partial charge in [-0.25, -0.2) is 0 Å². The summed E-state index contributed by atoms with van der Waals surface area (Å²) in [7, 11) is 0. The second-order valence-corrected chi connectivity index (χ2v) is 5.79. The summed E-state index contributed by atoms with van der Waals surface area (Å²) in [6.45, 7) is 12.4. The van der Waals surface area contributed by atoms with Crippen LogP contribution in [0.15, 0.2) is 10.9 Å². The summed E-state index contributed by atoms with van der Waals surface area (Å²) in [6, 6.07) is 2.22. The summed E-state index contributed by atoms with van der Waals surface area (Å²) in [4.78, 5) is 12.3. The number of pyridine rings is 1. The minimum Gasteiger partial charge on any atom is -0.309 e. The van der Waals surface area contributed by atoms with E-state index in [1.807, 2.05) is 13.8 Å². The van der Waals surface area contributed by atoms with Crippen molar-refractivity contribution in [3.05, 3.63) is 32.7 Å². The van der Waals surface area contributed by atoms with Gasteiger partial charge in [0.1, 0.15) is 5.02 Å². The molecular formula is C14H22ClNO. The van der Waals surface area contributed by atoms with E-state index in [4.69, 9.17) is 11.6 Å². The molecule has 1 rings (SSSR count). The lowest BCUT2D eigenvalue weighted by Crippen LogP contribution is -2.27. The van der Waals surface area contributed by atoms with Crippen LogP contribution in [0.5, 0.6) is 0 Å². The van der Waals surface area contributed by atoms with Crippen LogP contribution in [0.3, 0.4) is 0 Å². The standard InChI is InChI=1S/C14H22ClNO/c1-8(2)11-7-12(9(3)4)16(10(5)6)14(17)13(11)15/h7-10H,1-6H3. The Morgan fingerprint density at radius 2 is 1.59 bits per heavy atom. The monoisotopic (exact) mass is 255 g/mol. The van der Waals surface area contributed by atoms with Gasteiger partial charge in [0.2, 0.25) is 0 Å². The van der Waals surface area contributed by atoms with Crippen LogP contribution in [0.25, 0.3) is 0 Å². The maximum Gasteiger partial charge on any atom is 0.270 e. The van der Waals surface area contributed by atoms with Gasteiger partial charge in [0.15, 0.2) is 0 Å². The van der Waals surface area contributed by atoms with Crippen LogP contribution in [0.4, 0.5) is 0 Å². The molecule has 0 fully saturated rings. The van der Waals surface area contributed by atoms with E-state index in [0.717, 1.165) is 11.3 Å². The zero-order valence-electron chi connectivity index (χ0n) is 11.5. The van der Waals surface area contributed by atoms with Gasteiger partial charge in [0.25, 0.3) is 5.56 Å². The van der Waals surface area contributed by atoms with E-state index in [9.17, 15) is 4.79 Å². The molecule has 0 bridgehead atoms. The SMILES string of the molecule is CC(C)c1cc(C(C)C)n(C(C)C)c(=O)c1Cl.